The molecule has 0 atom stereocenters. The highest BCUT2D eigenvalue weighted by molar-refractivity contribution is 6.08. The van der Waals surface area contributed by atoms with E-state index in [2.05, 4.69) is 4.98 Å². The number of benzene rings is 3. The van der Waals surface area contributed by atoms with Crippen LogP contribution in [0, 0.1) is 5.41 Å². The largest absolute Gasteiger partial charge is 0.457 e. The Balaban J connectivity index is 1.71. The number of ether oxygens (including phenoxy) is 1. The minimum atomic E-state index is -0.102. The Labute approximate surface area is 187 Å². The Kier molecular flexibility index (Phi) is 5.77. The molecule has 1 heterocycles. The molecule has 0 spiro atoms. The molecule has 6 heteroatoms. The van der Waals surface area contributed by atoms with E-state index in [9.17, 15) is 0 Å². The van der Waals surface area contributed by atoms with Gasteiger partial charge in [-0.15, -0.1) is 0 Å². The first-order valence-electron chi connectivity index (χ1n) is 10.2. The molecule has 0 saturated heterocycles. The molecule has 0 saturated carbocycles. The number of nitrogens with one attached hydrogen (secondary N) is 1. The van der Waals surface area contributed by atoms with Gasteiger partial charge in [-0.3, -0.25) is 10.4 Å². The first-order chi connectivity index (χ1) is 15.4. The van der Waals surface area contributed by atoms with E-state index in [-0.39, 0.29) is 5.84 Å². The monoisotopic (exact) mass is 423 g/mol. The van der Waals surface area contributed by atoms with Crippen LogP contribution in [0.4, 0.5) is 11.4 Å². The maximum absolute atomic E-state index is 8.16. The number of nitrogens with two attached hydrogens (primary N) is 2. The molecule has 0 radical (unpaired) electrons. The number of hydrogen-bond acceptors (Lipinski definition) is 5. The van der Waals surface area contributed by atoms with Crippen LogP contribution in [-0.2, 0) is 0 Å². The lowest BCUT2D eigenvalue weighted by Gasteiger charge is -2.17. The average molecular weight is 424 g/mol. The zero-order valence-electron chi connectivity index (χ0n) is 18.0. The summed E-state index contributed by atoms with van der Waals surface area (Å²) in [5.74, 6) is 1.37. The second-order valence-electron chi connectivity index (χ2n) is 7.61. The predicted octanol–water partition coefficient (Wildman–Crippen LogP) is 5.14. The molecule has 0 fully saturated rings. The molecule has 4 aromatic rings. The number of nitrogens with zero attached hydrogens (tertiary/aromatic N) is 2. The van der Waals surface area contributed by atoms with Crippen LogP contribution < -0.4 is 21.1 Å². The van der Waals surface area contributed by atoms with Crippen molar-refractivity contribution in [1.29, 1.82) is 5.41 Å². The number of nitrogen functional groups attached to an aromatic ring is 2. The Morgan fingerprint density at radius 2 is 1.56 bits per heavy atom. The second kappa shape index (κ2) is 8.81. The molecule has 4 rings (SSSR count). The summed E-state index contributed by atoms with van der Waals surface area (Å²) in [7, 11) is 3.95. The standard InChI is InChI=1S/C26H25N5O/c1-31(2)19-8-6-7-18(15-19)25-24(27)23(26(28)29)22(16-30-25)17-11-13-21(14-12-17)32-20-9-4-3-5-10-20/h3-16H,27H2,1-2H3,(H3,28,29). The van der Waals surface area contributed by atoms with E-state index in [1.165, 1.54) is 0 Å². The quantitative estimate of drug-likeness (QED) is 0.294. The van der Waals surface area contributed by atoms with E-state index in [0.717, 1.165) is 22.6 Å². The number of hydrogen-bond donors (Lipinski definition) is 3. The highest BCUT2D eigenvalue weighted by Crippen LogP contribution is 2.35. The Hall–Kier alpha value is -4.32. The van der Waals surface area contributed by atoms with Crippen molar-refractivity contribution in [2.24, 2.45) is 5.73 Å². The lowest BCUT2D eigenvalue weighted by atomic mass is 9.96. The Bertz CT molecular complexity index is 1250. The van der Waals surface area contributed by atoms with Gasteiger partial charge in [-0.1, -0.05) is 42.5 Å². The molecule has 6 nitrogen and oxygen atoms in total. The Morgan fingerprint density at radius 1 is 0.875 bits per heavy atom. The van der Waals surface area contributed by atoms with Gasteiger partial charge in [-0.05, 0) is 42.0 Å². The number of aromatic nitrogens is 1. The summed E-state index contributed by atoms with van der Waals surface area (Å²) in [4.78, 5) is 6.64. The van der Waals surface area contributed by atoms with Crippen LogP contribution in [0.5, 0.6) is 11.5 Å². The van der Waals surface area contributed by atoms with Crippen molar-refractivity contribution in [2.45, 2.75) is 0 Å². The molecule has 0 amide bonds. The van der Waals surface area contributed by atoms with E-state index in [1.54, 1.807) is 6.20 Å². The van der Waals surface area contributed by atoms with Crippen molar-refractivity contribution in [3.05, 3.63) is 90.6 Å². The smallest absolute Gasteiger partial charge is 0.127 e. The molecule has 3 aromatic carbocycles. The third kappa shape index (κ3) is 4.25. The fraction of sp³-hybridized carbons (Fsp3) is 0.0769. The number of amidine groups is 1. The van der Waals surface area contributed by atoms with Crippen LogP contribution in [0.15, 0.2) is 85.1 Å². The molecule has 160 valence electrons. The fourth-order valence-corrected chi connectivity index (χ4v) is 3.52. The molecule has 32 heavy (non-hydrogen) atoms. The lowest BCUT2D eigenvalue weighted by Crippen LogP contribution is -2.16. The first-order valence-corrected chi connectivity index (χ1v) is 10.2. The zero-order valence-corrected chi connectivity index (χ0v) is 18.0. The zero-order chi connectivity index (χ0) is 22.7. The van der Waals surface area contributed by atoms with Gasteiger partial charge in [0.15, 0.2) is 0 Å². The van der Waals surface area contributed by atoms with Gasteiger partial charge in [-0.25, -0.2) is 0 Å². The van der Waals surface area contributed by atoms with Gasteiger partial charge in [-0.2, -0.15) is 0 Å². The average Bonchev–Trinajstić information content (AvgIpc) is 2.80. The summed E-state index contributed by atoms with van der Waals surface area (Å²) in [5.41, 5.74) is 17.4. The molecule has 0 aliphatic heterocycles. The number of rotatable bonds is 6. The van der Waals surface area contributed by atoms with Gasteiger partial charge in [0.25, 0.3) is 0 Å². The third-order valence-corrected chi connectivity index (χ3v) is 5.17. The topological polar surface area (TPSA) is 101 Å². The SMILES string of the molecule is CN(C)c1cccc(-c2ncc(-c3ccc(Oc4ccccc4)cc3)c(C(=N)N)c2N)c1. The second-order valence-corrected chi connectivity index (χ2v) is 7.61. The van der Waals surface area contributed by atoms with Gasteiger partial charge >= 0.3 is 0 Å². The predicted molar refractivity (Wildman–Crippen MR) is 131 cm³/mol. The minimum absolute atomic E-state index is 0.102. The van der Waals surface area contributed by atoms with Crippen molar-refractivity contribution in [1.82, 2.24) is 4.98 Å². The summed E-state index contributed by atoms with van der Waals surface area (Å²) < 4.78 is 5.87. The molecule has 0 aliphatic carbocycles. The van der Waals surface area contributed by atoms with Crippen molar-refractivity contribution >= 4 is 17.2 Å². The molecule has 0 aliphatic rings. The summed E-state index contributed by atoms with van der Waals surface area (Å²) in [5, 5.41) is 8.16. The van der Waals surface area contributed by atoms with E-state index in [0.29, 0.717) is 28.3 Å². The summed E-state index contributed by atoms with van der Waals surface area (Å²) >= 11 is 0. The van der Waals surface area contributed by atoms with E-state index in [4.69, 9.17) is 21.6 Å². The summed E-state index contributed by atoms with van der Waals surface area (Å²) in [6.07, 6.45) is 1.72. The number of anilines is 2. The third-order valence-electron chi connectivity index (χ3n) is 5.17. The van der Waals surface area contributed by atoms with Gasteiger partial charge in [0, 0.05) is 37.1 Å². The van der Waals surface area contributed by atoms with Crippen molar-refractivity contribution in [3.8, 4) is 33.9 Å². The van der Waals surface area contributed by atoms with Crippen LogP contribution in [0.2, 0.25) is 0 Å². The van der Waals surface area contributed by atoms with Crippen LogP contribution in [0.25, 0.3) is 22.4 Å². The van der Waals surface area contributed by atoms with Crippen LogP contribution in [0.1, 0.15) is 5.56 Å². The molecule has 1 aromatic heterocycles. The molecule has 0 bridgehead atoms. The number of pyridine rings is 1. The van der Waals surface area contributed by atoms with Crippen molar-refractivity contribution in [3.63, 3.8) is 0 Å². The minimum Gasteiger partial charge on any atom is -0.457 e. The van der Waals surface area contributed by atoms with Crippen molar-refractivity contribution < 1.29 is 4.74 Å². The Morgan fingerprint density at radius 3 is 2.22 bits per heavy atom. The van der Waals surface area contributed by atoms with E-state index >= 15 is 0 Å². The summed E-state index contributed by atoms with van der Waals surface area (Å²) in [6, 6.07) is 25.1. The highest BCUT2D eigenvalue weighted by atomic mass is 16.5. The van der Waals surface area contributed by atoms with Gasteiger partial charge in [0.1, 0.15) is 17.3 Å². The fourth-order valence-electron chi connectivity index (χ4n) is 3.52. The lowest BCUT2D eigenvalue weighted by molar-refractivity contribution is 0.483. The molecular weight excluding hydrogens is 398 g/mol. The van der Waals surface area contributed by atoms with Crippen LogP contribution in [-0.4, -0.2) is 24.9 Å². The molecule has 5 N–H and O–H groups in total. The van der Waals surface area contributed by atoms with Crippen molar-refractivity contribution in [2.75, 3.05) is 24.7 Å². The summed E-state index contributed by atoms with van der Waals surface area (Å²) in [6.45, 7) is 0. The molecular formula is C26H25N5O. The first kappa shape index (κ1) is 20.9. The van der Waals surface area contributed by atoms with E-state index < -0.39 is 0 Å². The van der Waals surface area contributed by atoms with Gasteiger partial charge < -0.3 is 21.1 Å². The normalized spacial score (nSPS) is 10.6. The maximum Gasteiger partial charge on any atom is 0.127 e. The van der Waals surface area contributed by atoms with Gasteiger partial charge in [0.05, 0.1) is 16.9 Å². The van der Waals surface area contributed by atoms with Crippen LogP contribution >= 0.6 is 0 Å². The van der Waals surface area contributed by atoms with Crippen LogP contribution in [0.3, 0.4) is 0 Å². The van der Waals surface area contributed by atoms with Gasteiger partial charge in [0.2, 0.25) is 0 Å². The maximum atomic E-state index is 8.16. The number of para-hydroxylation sites is 1. The van der Waals surface area contributed by atoms with E-state index in [1.807, 2.05) is 97.9 Å². The molecule has 0 unspecified atom stereocenters. The highest BCUT2D eigenvalue weighted by Gasteiger charge is 2.18.